The van der Waals surface area contributed by atoms with E-state index in [0.29, 0.717) is 0 Å². The van der Waals surface area contributed by atoms with Crippen LogP contribution < -0.4 is 0 Å². The van der Waals surface area contributed by atoms with Gasteiger partial charge in [-0.15, -0.1) is 0 Å². The molecule has 1 heteroatoms. The first-order chi connectivity index (χ1) is 12.0. The Kier molecular flexibility index (Phi) is 5.30. The lowest BCUT2D eigenvalue weighted by molar-refractivity contribution is 0.726. The molecule has 3 rings (SSSR count). The van der Waals surface area contributed by atoms with Crippen LogP contribution in [0.2, 0.25) is 5.02 Å². The fourth-order valence-electron chi connectivity index (χ4n) is 3.66. The number of rotatable bonds is 4. The Balaban J connectivity index is 2.06. The van der Waals surface area contributed by atoms with Gasteiger partial charge in [0.1, 0.15) is 0 Å². The van der Waals surface area contributed by atoms with Crippen molar-refractivity contribution in [2.45, 2.75) is 39.5 Å². The minimum Gasteiger partial charge on any atom is -0.0955 e. The summed E-state index contributed by atoms with van der Waals surface area (Å²) in [5.41, 5.74) is 9.77. The lowest BCUT2D eigenvalue weighted by Gasteiger charge is -2.24. The smallest absolute Gasteiger partial charge is 0.0483 e. The summed E-state index contributed by atoms with van der Waals surface area (Å²) in [6.45, 7) is 12.6. The summed E-state index contributed by atoms with van der Waals surface area (Å²) < 4.78 is 0. The second-order valence-corrected chi connectivity index (χ2v) is 7.34. The summed E-state index contributed by atoms with van der Waals surface area (Å²) in [7, 11) is 0. The Labute approximate surface area is 156 Å². The number of benzene rings is 2. The van der Waals surface area contributed by atoms with E-state index >= 15 is 0 Å². The van der Waals surface area contributed by atoms with E-state index in [9.17, 15) is 0 Å². The zero-order valence-corrected chi connectivity index (χ0v) is 15.9. The fourth-order valence-corrected chi connectivity index (χ4v) is 3.99. The maximum absolute atomic E-state index is 6.56. The van der Waals surface area contributed by atoms with Crippen molar-refractivity contribution in [2.75, 3.05) is 0 Å². The lowest BCUT2D eigenvalue weighted by atomic mass is 9.81. The lowest BCUT2D eigenvalue weighted by Crippen LogP contribution is -2.03. The third-order valence-electron chi connectivity index (χ3n) is 5.08. The molecule has 0 amide bonds. The van der Waals surface area contributed by atoms with Crippen LogP contribution in [0.4, 0.5) is 0 Å². The van der Waals surface area contributed by atoms with E-state index in [1.165, 1.54) is 46.2 Å². The van der Waals surface area contributed by atoms with E-state index < -0.39 is 0 Å². The predicted octanol–water partition coefficient (Wildman–Crippen LogP) is 7.72. The second kappa shape index (κ2) is 7.45. The molecule has 128 valence electrons. The number of aryl methyl sites for hydroxylation is 1. The van der Waals surface area contributed by atoms with E-state index in [2.05, 4.69) is 50.4 Å². The van der Waals surface area contributed by atoms with Crippen LogP contribution in [-0.4, -0.2) is 0 Å². The molecule has 0 N–H and O–H groups in total. The van der Waals surface area contributed by atoms with Crippen molar-refractivity contribution in [2.24, 2.45) is 0 Å². The standard InChI is InChI=1S/C24H25Cl/c1-16(2)19-12-14-20(15-13-19)18(4)21-9-5-6-10-22(21)24-17(3)8-7-11-23(24)25/h7-8,11-15H,1,4-6,9-10H2,2-3H3. The summed E-state index contributed by atoms with van der Waals surface area (Å²) in [4.78, 5) is 0. The third kappa shape index (κ3) is 3.65. The molecule has 1 aliphatic carbocycles. The molecule has 0 fully saturated rings. The van der Waals surface area contributed by atoms with Gasteiger partial charge in [0.15, 0.2) is 0 Å². The van der Waals surface area contributed by atoms with Gasteiger partial charge in [0.25, 0.3) is 0 Å². The molecule has 2 aromatic carbocycles. The highest BCUT2D eigenvalue weighted by Crippen LogP contribution is 2.42. The molecule has 2 aromatic rings. The SMILES string of the molecule is C=C(C)c1ccc(C(=C)C2=C(c3c(C)cccc3Cl)CCCC2)cc1. The Morgan fingerprint density at radius 3 is 2.20 bits per heavy atom. The van der Waals surface area contributed by atoms with Crippen molar-refractivity contribution in [1.82, 2.24) is 0 Å². The second-order valence-electron chi connectivity index (χ2n) is 6.93. The average molecular weight is 349 g/mol. The molecule has 0 radical (unpaired) electrons. The largest absolute Gasteiger partial charge is 0.0955 e. The monoisotopic (exact) mass is 348 g/mol. The molecular weight excluding hydrogens is 324 g/mol. The maximum Gasteiger partial charge on any atom is 0.0483 e. The topological polar surface area (TPSA) is 0 Å². The summed E-state index contributed by atoms with van der Waals surface area (Å²) in [5.74, 6) is 0. The van der Waals surface area contributed by atoms with E-state index in [0.717, 1.165) is 29.0 Å². The first-order valence-corrected chi connectivity index (χ1v) is 9.30. The zero-order chi connectivity index (χ0) is 18.0. The van der Waals surface area contributed by atoms with Crippen molar-refractivity contribution in [3.8, 4) is 0 Å². The summed E-state index contributed by atoms with van der Waals surface area (Å²) >= 11 is 6.56. The normalized spacial score (nSPS) is 14.5. The Morgan fingerprint density at radius 1 is 0.920 bits per heavy atom. The van der Waals surface area contributed by atoms with E-state index in [1.807, 2.05) is 19.1 Å². The molecule has 0 atom stereocenters. The highest BCUT2D eigenvalue weighted by atomic mass is 35.5. The highest BCUT2D eigenvalue weighted by Gasteiger charge is 2.20. The molecule has 25 heavy (non-hydrogen) atoms. The molecular formula is C24H25Cl. The van der Waals surface area contributed by atoms with Gasteiger partial charge in [-0.25, -0.2) is 0 Å². The van der Waals surface area contributed by atoms with Gasteiger partial charge in [0.05, 0.1) is 0 Å². The van der Waals surface area contributed by atoms with Crippen molar-refractivity contribution < 1.29 is 0 Å². The highest BCUT2D eigenvalue weighted by molar-refractivity contribution is 6.32. The zero-order valence-electron chi connectivity index (χ0n) is 15.2. The maximum atomic E-state index is 6.56. The molecule has 0 heterocycles. The van der Waals surface area contributed by atoms with Gasteiger partial charge in [0.2, 0.25) is 0 Å². The third-order valence-corrected chi connectivity index (χ3v) is 5.40. The van der Waals surface area contributed by atoms with Crippen LogP contribution in [-0.2, 0) is 0 Å². The molecule has 0 saturated heterocycles. The predicted molar refractivity (Wildman–Crippen MR) is 112 cm³/mol. The average Bonchev–Trinajstić information content (AvgIpc) is 2.61. The quantitative estimate of drug-likeness (QED) is 0.530. The summed E-state index contributed by atoms with van der Waals surface area (Å²) in [6.07, 6.45) is 4.57. The van der Waals surface area contributed by atoms with Gasteiger partial charge in [-0.1, -0.05) is 66.7 Å². The van der Waals surface area contributed by atoms with Gasteiger partial charge in [0, 0.05) is 5.02 Å². The van der Waals surface area contributed by atoms with E-state index in [4.69, 9.17) is 11.6 Å². The van der Waals surface area contributed by atoms with Crippen LogP contribution in [0.3, 0.4) is 0 Å². The number of hydrogen-bond donors (Lipinski definition) is 0. The van der Waals surface area contributed by atoms with E-state index in [-0.39, 0.29) is 0 Å². The van der Waals surface area contributed by atoms with Crippen molar-refractivity contribution in [3.05, 3.63) is 88.5 Å². The number of hydrogen-bond acceptors (Lipinski definition) is 0. The molecule has 0 saturated carbocycles. The summed E-state index contributed by atoms with van der Waals surface area (Å²) in [5, 5.41) is 0.847. The van der Waals surface area contributed by atoms with Gasteiger partial charge in [-0.3, -0.25) is 0 Å². The first-order valence-electron chi connectivity index (χ1n) is 8.92. The molecule has 0 aromatic heterocycles. The molecule has 1 aliphatic rings. The van der Waals surface area contributed by atoms with Crippen LogP contribution >= 0.6 is 11.6 Å². The van der Waals surface area contributed by atoms with Crippen LogP contribution in [0.25, 0.3) is 16.7 Å². The molecule has 0 unspecified atom stereocenters. The Morgan fingerprint density at radius 2 is 1.56 bits per heavy atom. The minimum absolute atomic E-state index is 0.847. The van der Waals surface area contributed by atoms with E-state index in [1.54, 1.807) is 0 Å². The Hall–Kier alpha value is -2.05. The van der Waals surface area contributed by atoms with Crippen LogP contribution in [0.5, 0.6) is 0 Å². The van der Waals surface area contributed by atoms with Crippen molar-refractivity contribution in [3.63, 3.8) is 0 Å². The molecule has 0 nitrogen and oxygen atoms in total. The molecule has 0 aliphatic heterocycles. The molecule has 0 bridgehead atoms. The van der Waals surface area contributed by atoms with Gasteiger partial charge >= 0.3 is 0 Å². The van der Waals surface area contributed by atoms with Gasteiger partial charge < -0.3 is 0 Å². The number of allylic oxidation sites excluding steroid dienone is 4. The fraction of sp³-hybridized carbons (Fsp3) is 0.250. The molecule has 0 spiro atoms. The van der Waals surface area contributed by atoms with Crippen LogP contribution in [0, 0.1) is 6.92 Å². The Bertz CT molecular complexity index is 830. The minimum atomic E-state index is 0.847. The first kappa shape index (κ1) is 17.8. The summed E-state index contributed by atoms with van der Waals surface area (Å²) in [6, 6.07) is 14.7. The van der Waals surface area contributed by atoms with Gasteiger partial charge in [-0.05, 0) is 84.6 Å². The van der Waals surface area contributed by atoms with Crippen LogP contribution in [0.15, 0.2) is 61.2 Å². The number of halogens is 1. The van der Waals surface area contributed by atoms with Crippen molar-refractivity contribution >= 4 is 28.3 Å². The van der Waals surface area contributed by atoms with Crippen LogP contribution in [0.1, 0.15) is 54.9 Å². The van der Waals surface area contributed by atoms with Gasteiger partial charge in [-0.2, -0.15) is 0 Å². The van der Waals surface area contributed by atoms with Crippen molar-refractivity contribution in [1.29, 1.82) is 0 Å².